The van der Waals surface area contributed by atoms with Gasteiger partial charge in [0.15, 0.2) is 5.71 Å². The molecule has 1 atom stereocenters. The van der Waals surface area contributed by atoms with E-state index >= 15 is 0 Å². The standard InChI is InChI=1S/C31H37N2/c1-6-22-31(5)29(21-16-24-14-18-26(19-15-24)32(8-3)9-4)33(23-7-2)28-20-17-25-12-10-11-13-27(25)30(28)31/h6,10-21H,1,7-9,22-23H2,2-5H3/q+1. The Morgan fingerprint density at radius 1 is 0.909 bits per heavy atom. The van der Waals surface area contributed by atoms with Gasteiger partial charge in [-0.05, 0) is 67.8 Å². The zero-order valence-corrected chi connectivity index (χ0v) is 20.6. The minimum absolute atomic E-state index is 0.106. The van der Waals surface area contributed by atoms with E-state index in [0.29, 0.717) is 0 Å². The number of hydrogen-bond donors (Lipinski definition) is 0. The summed E-state index contributed by atoms with van der Waals surface area (Å²) >= 11 is 0. The molecule has 3 aromatic rings. The van der Waals surface area contributed by atoms with Crippen molar-refractivity contribution in [3.05, 3.63) is 90.5 Å². The number of fused-ring (bicyclic) bond motifs is 3. The second-order valence-corrected chi connectivity index (χ2v) is 9.14. The molecule has 3 aromatic carbocycles. The molecule has 0 aromatic heterocycles. The molecule has 1 unspecified atom stereocenters. The first kappa shape index (κ1) is 23.0. The molecule has 0 bridgehead atoms. The van der Waals surface area contributed by atoms with Gasteiger partial charge in [-0.2, -0.15) is 4.58 Å². The third-order valence-electron chi connectivity index (χ3n) is 7.06. The predicted molar refractivity (Wildman–Crippen MR) is 145 cm³/mol. The van der Waals surface area contributed by atoms with Crippen LogP contribution in [0.15, 0.2) is 79.4 Å². The van der Waals surface area contributed by atoms with Crippen LogP contribution in [0.4, 0.5) is 11.4 Å². The summed E-state index contributed by atoms with van der Waals surface area (Å²) in [7, 11) is 0. The van der Waals surface area contributed by atoms with E-state index in [4.69, 9.17) is 0 Å². The molecular formula is C31H37N2+. The van der Waals surface area contributed by atoms with Crippen LogP contribution in [-0.2, 0) is 5.41 Å². The number of allylic oxidation sites excluding steroid dienone is 2. The molecule has 0 radical (unpaired) electrons. The lowest BCUT2D eigenvalue weighted by Crippen LogP contribution is -2.31. The number of benzene rings is 3. The number of anilines is 1. The van der Waals surface area contributed by atoms with Gasteiger partial charge in [-0.25, -0.2) is 0 Å². The van der Waals surface area contributed by atoms with Crippen molar-refractivity contribution in [1.82, 2.24) is 0 Å². The molecule has 4 rings (SSSR count). The monoisotopic (exact) mass is 437 g/mol. The van der Waals surface area contributed by atoms with Crippen LogP contribution in [0.2, 0.25) is 0 Å². The fraction of sp³-hybridized carbons (Fsp3) is 0.323. The largest absolute Gasteiger partial charge is 0.372 e. The maximum Gasteiger partial charge on any atom is 0.210 e. The Balaban J connectivity index is 1.80. The van der Waals surface area contributed by atoms with E-state index in [1.807, 2.05) is 0 Å². The van der Waals surface area contributed by atoms with Crippen molar-refractivity contribution < 1.29 is 4.58 Å². The highest BCUT2D eigenvalue weighted by atomic mass is 15.1. The Hall–Kier alpha value is -3.13. The minimum Gasteiger partial charge on any atom is -0.372 e. The SMILES string of the molecule is C=CCC1(C)C(/C=C/c2ccc(N(CC)CC)cc2)=[N+](CCC)c2ccc3ccccc3c21. The molecule has 0 N–H and O–H groups in total. The van der Waals surface area contributed by atoms with E-state index in [1.165, 1.54) is 39.0 Å². The van der Waals surface area contributed by atoms with Crippen LogP contribution >= 0.6 is 0 Å². The molecule has 170 valence electrons. The molecule has 2 nitrogen and oxygen atoms in total. The fourth-order valence-corrected chi connectivity index (χ4v) is 5.41. The van der Waals surface area contributed by atoms with Gasteiger partial charge >= 0.3 is 0 Å². The molecule has 0 saturated carbocycles. The maximum atomic E-state index is 4.13. The number of rotatable bonds is 9. The van der Waals surface area contributed by atoms with Crippen molar-refractivity contribution in [1.29, 1.82) is 0 Å². The van der Waals surface area contributed by atoms with Crippen LogP contribution < -0.4 is 4.90 Å². The first-order valence-corrected chi connectivity index (χ1v) is 12.4. The van der Waals surface area contributed by atoms with Gasteiger partial charge in [-0.3, -0.25) is 0 Å². The summed E-state index contributed by atoms with van der Waals surface area (Å²) in [5, 5.41) is 2.66. The second-order valence-electron chi connectivity index (χ2n) is 9.14. The molecular weight excluding hydrogens is 400 g/mol. The van der Waals surface area contributed by atoms with E-state index in [1.54, 1.807) is 0 Å². The van der Waals surface area contributed by atoms with Crippen LogP contribution in [0, 0.1) is 0 Å². The summed E-state index contributed by atoms with van der Waals surface area (Å²) in [6.45, 7) is 16.3. The quantitative estimate of drug-likeness (QED) is 0.245. The lowest BCUT2D eigenvalue weighted by Gasteiger charge is -2.22. The van der Waals surface area contributed by atoms with E-state index in [9.17, 15) is 0 Å². The molecule has 2 heteroatoms. The Morgan fingerprint density at radius 3 is 2.30 bits per heavy atom. The summed E-state index contributed by atoms with van der Waals surface area (Å²) in [5.74, 6) is 0. The number of hydrogen-bond acceptors (Lipinski definition) is 1. The molecule has 0 saturated heterocycles. The average molecular weight is 438 g/mol. The molecule has 1 aliphatic heterocycles. The first-order valence-electron chi connectivity index (χ1n) is 12.4. The lowest BCUT2D eigenvalue weighted by molar-refractivity contribution is -0.437. The molecule has 33 heavy (non-hydrogen) atoms. The van der Waals surface area contributed by atoms with Crippen LogP contribution in [0.1, 0.15) is 51.7 Å². The fourth-order valence-electron chi connectivity index (χ4n) is 5.41. The zero-order chi connectivity index (χ0) is 23.4. The van der Waals surface area contributed by atoms with E-state index in [0.717, 1.165) is 32.5 Å². The van der Waals surface area contributed by atoms with E-state index in [-0.39, 0.29) is 5.41 Å². The highest BCUT2D eigenvalue weighted by Crippen LogP contribution is 2.46. The molecule has 0 aliphatic carbocycles. The van der Waals surface area contributed by atoms with Crippen LogP contribution in [0.25, 0.3) is 16.8 Å². The maximum absolute atomic E-state index is 4.13. The van der Waals surface area contributed by atoms with Crippen LogP contribution in [-0.4, -0.2) is 29.9 Å². The summed E-state index contributed by atoms with van der Waals surface area (Å²) < 4.78 is 2.53. The van der Waals surface area contributed by atoms with E-state index in [2.05, 4.69) is 123 Å². The highest BCUT2D eigenvalue weighted by molar-refractivity contribution is 6.09. The van der Waals surface area contributed by atoms with Gasteiger partial charge in [-0.15, -0.1) is 6.58 Å². The third kappa shape index (κ3) is 4.15. The molecule has 0 amide bonds. The lowest BCUT2D eigenvalue weighted by atomic mass is 9.74. The van der Waals surface area contributed by atoms with Crippen LogP contribution in [0.5, 0.6) is 0 Å². The normalized spacial score (nSPS) is 17.7. The van der Waals surface area contributed by atoms with Gasteiger partial charge in [0.25, 0.3) is 0 Å². The highest BCUT2D eigenvalue weighted by Gasteiger charge is 2.47. The topological polar surface area (TPSA) is 6.25 Å². The summed E-state index contributed by atoms with van der Waals surface area (Å²) in [6.07, 6.45) is 8.72. The summed E-state index contributed by atoms with van der Waals surface area (Å²) in [4.78, 5) is 2.38. The van der Waals surface area contributed by atoms with Crippen molar-refractivity contribution in [2.24, 2.45) is 0 Å². The minimum atomic E-state index is -0.106. The van der Waals surface area contributed by atoms with Crippen molar-refractivity contribution >= 4 is 33.9 Å². The molecule has 0 spiro atoms. The predicted octanol–water partition coefficient (Wildman–Crippen LogP) is 7.74. The molecule has 1 aliphatic rings. The number of nitrogens with zero attached hydrogens (tertiary/aromatic N) is 2. The second kappa shape index (κ2) is 9.79. The first-order chi connectivity index (χ1) is 16.1. The van der Waals surface area contributed by atoms with Crippen molar-refractivity contribution in [2.45, 2.75) is 46.0 Å². The van der Waals surface area contributed by atoms with Crippen molar-refractivity contribution in [3.8, 4) is 0 Å². The van der Waals surface area contributed by atoms with Crippen LogP contribution in [0.3, 0.4) is 0 Å². The van der Waals surface area contributed by atoms with E-state index < -0.39 is 0 Å². The van der Waals surface area contributed by atoms with Crippen molar-refractivity contribution in [3.63, 3.8) is 0 Å². The Morgan fingerprint density at radius 2 is 1.64 bits per heavy atom. The Bertz CT molecular complexity index is 1200. The Kier molecular flexibility index (Phi) is 6.83. The smallest absolute Gasteiger partial charge is 0.210 e. The third-order valence-corrected chi connectivity index (χ3v) is 7.06. The average Bonchev–Trinajstić information content (AvgIpc) is 3.07. The van der Waals surface area contributed by atoms with Gasteiger partial charge in [-0.1, -0.05) is 49.4 Å². The zero-order valence-electron chi connectivity index (χ0n) is 20.6. The summed E-state index contributed by atoms with van der Waals surface area (Å²) in [6, 6.07) is 22.3. The van der Waals surface area contributed by atoms with Gasteiger partial charge in [0.2, 0.25) is 5.69 Å². The Labute approximate surface area is 199 Å². The van der Waals surface area contributed by atoms with Gasteiger partial charge < -0.3 is 4.90 Å². The van der Waals surface area contributed by atoms with Gasteiger partial charge in [0.05, 0.1) is 5.41 Å². The summed E-state index contributed by atoms with van der Waals surface area (Å²) in [5.41, 5.74) is 6.56. The van der Waals surface area contributed by atoms with Gasteiger partial charge in [0, 0.05) is 42.9 Å². The molecule has 0 fully saturated rings. The molecule has 1 heterocycles. The van der Waals surface area contributed by atoms with Crippen molar-refractivity contribution in [2.75, 3.05) is 24.5 Å². The van der Waals surface area contributed by atoms with Gasteiger partial charge in [0.1, 0.15) is 6.54 Å².